The van der Waals surface area contributed by atoms with Crippen LogP contribution in [-0.4, -0.2) is 52.6 Å². The maximum absolute atomic E-state index is 11.9. The Morgan fingerprint density at radius 3 is 2.50 bits per heavy atom. The summed E-state index contributed by atoms with van der Waals surface area (Å²) in [6.45, 7) is -0.120. The van der Waals surface area contributed by atoms with Crippen molar-refractivity contribution in [2.75, 3.05) is 40.5 Å². The average Bonchev–Trinajstić information content (AvgIpc) is 2.56. The Hall–Kier alpha value is -0.940. The van der Waals surface area contributed by atoms with E-state index in [0.717, 1.165) is 5.56 Å². The van der Waals surface area contributed by atoms with Crippen LogP contribution in [0.4, 0.5) is 13.2 Å². The molecule has 2 N–H and O–H groups in total. The SMILES string of the molecule is CN=C(NCCCOCC(F)(F)F)NCCc1ccc(OC)cc1Cl.I. The molecule has 10 heteroatoms. The summed E-state index contributed by atoms with van der Waals surface area (Å²) in [7, 11) is 3.20. The van der Waals surface area contributed by atoms with E-state index in [1.165, 1.54) is 0 Å². The van der Waals surface area contributed by atoms with Crippen LogP contribution in [0.15, 0.2) is 23.2 Å². The van der Waals surface area contributed by atoms with Crippen molar-refractivity contribution in [2.45, 2.75) is 19.0 Å². The zero-order chi connectivity index (χ0) is 18.7. The highest BCUT2D eigenvalue weighted by molar-refractivity contribution is 14.0. The number of aliphatic imine (C=N–C) groups is 1. The maximum Gasteiger partial charge on any atom is 0.411 e. The lowest BCUT2D eigenvalue weighted by molar-refractivity contribution is -0.173. The minimum atomic E-state index is -4.28. The third-order valence-electron chi connectivity index (χ3n) is 3.19. The van der Waals surface area contributed by atoms with Crippen LogP contribution in [0.1, 0.15) is 12.0 Å². The van der Waals surface area contributed by atoms with Gasteiger partial charge in [0.25, 0.3) is 0 Å². The van der Waals surface area contributed by atoms with E-state index in [4.69, 9.17) is 16.3 Å². The smallest absolute Gasteiger partial charge is 0.411 e. The number of hydrogen-bond donors (Lipinski definition) is 2. The van der Waals surface area contributed by atoms with Crippen molar-refractivity contribution in [1.29, 1.82) is 0 Å². The van der Waals surface area contributed by atoms with Gasteiger partial charge in [0.15, 0.2) is 5.96 Å². The zero-order valence-electron chi connectivity index (χ0n) is 14.7. The molecule has 1 aromatic rings. The van der Waals surface area contributed by atoms with Gasteiger partial charge in [0, 0.05) is 31.8 Å². The molecule has 0 saturated heterocycles. The maximum atomic E-state index is 11.9. The first-order valence-corrected chi connectivity index (χ1v) is 8.15. The van der Waals surface area contributed by atoms with Gasteiger partial charge in [0.1, 0.15) is 12.4 Å². The second-order valence-electron chi connectivity index (χ2n) is 5.15. The second kappa shape index (κ2) is 13.3. The third kappa shape index (κ3) is 10.9. The second-order valence-corrected chi connectivity index (χ2v) is 5.56. The van der Waals surface area contributed by atoms with Crippen molar-refractivity contribution >= 4 is 41.5 Å². The van der Waals surface area contributed by atoms with Crippen LogP contribution in [-0.2, 0) is 11.2 Å². The van der Waals surface area contributed by atoms with Crippen molar-refractivity contribution in [3.8, 4) is 5.75 Å². The Bertz CT molecular complexity index is 560. The highest BCUT2D eigenvalue weighted by Gasteiger charge is 2.27. The number of hydrogen-bond acceptors (Lipinski definition) is 3. The van der Waals surface area contributed by atoms with E-state index >= 15 is 0 Å². The molecular formula is C16H24ClF3IN3O2. The fraction of sp³-hybridized carbons (Fsp3) is 0.562. The quantitative estimate of drug-likeness (QED) is 0.231. The van der Waals surface area contributed by atoms with E-state index in [1.54, 1.807) is 20.2 Å². The molecule has 0 aliphatic carbocycles. The molecule has 1 aromatic carbocycles. The molecular weight excluding hydrogens is 486 g/mol. The number of guanidine groups is 1. The lowest BCUT2D eigenvalue weighted by atomic mass is 10.1. The minimum Gasteiger partial charge on any atom is -0.497 e. The predicted octanol–water partition coefficient (Wildman–Crippen LogP) is 3.64. The van der Waals surface area contributed by atoms with Gasteiger partial charge < -0.3 is 20.1 Å². The summed E-state index contributed by atoms with van der Waals surface area (Å²) in [5, 5.41) is 6.76. The number of rotatable bonds is 9. The van der Waals surface area contributed by atoms with Gasteiger partial charge in [-0.2, -0.15) is 13.2 Å². The van der Waals surface area contributed by atoms with Gasteiger partial charge in [-0.3, -0.25) is 4.99 Å². The summed E-state index contributed by atoms with van der Waals surface area (Å²) < 4.78 is 45.4. The number of ether oxygens (including phenoxy) is 2. The molecule has 0 aliphatic heterocycles. The fourth-order valence-corrected chi connectivity index (χ4v) is 2.23. The highest BCUT2D eigenvalue weighted by Crippen LogP contribution is 2.22. The first-order valence-electron chi connectivity index (χ1n) is 7.77. The van der Waals surface area contributed by atoms with Crippen LogP contribution in [0.2, 0.25) is 5.02 Å². The fourth-order valence-electron chi connectivity index (χ4n) is 1.96. The summed E-state index contributed by atoms with van der Waals surface area (Å²) in [6, 6.07) is 5.50. The number of nitrogens with one attached hydrogen (secondary N) is 2. The van der Waals surface area contributed by atoms with Crippen molar-refractivity contribution in [1.82, 2.24) is 10.6 Å². The lowest BCUT2D eigenvalue weighted by Crippen LogP contribution is -2.39. The minimum absolute atomic E-state index is 0. The first-order chi connectivity index (χ1) is 11.9. The van der Waals surface area contributed by atoms with Crippen LogP contribution in [0.25, 0.3) is 0 Å². The van der Waals surface area contributed by atoms with Crippen LogP contribution in [0, 0.1) is 0 Å². The Morgan fingerprint density at radius 2 is 1.92 bits per heavy atom. The molecule has 0 heterocycles. The molecule has 0 radical (unpaired) electrons. The number of benzene rings is 1. The highest BCUT2D eigenvalue weighted by atomic mass is 127. The van der Waals surface area contributed by atoms with Crippen molar-refractivity contribution in [3.05, 3.63) is 28.8 Å². The normalized spacial score (nSPS) is 11.7. The molecule has 0 atom stereocenters. The number of methoxy groups -OCH3 is 1. The Balaban J connectivity index is 0.00000625. The molecule has 0 fully saturated rings. The zero-order valence-corrected chi connectivity index (χ0v) is 17.7. The van der Waals surface area contributed by atoms with Gasteiger partial charge in [-0.05, 0) is 30.5 Å². The van der Waals surface area contributed by atoms with Gasteiger partial charge >= 0.3 is 6.18 Å². The molecule has 0 spiro atoms. The number of alkyl halides is 3. The lowest BCUT2D eigenvalue weighted by Gasteiger charge is -2.13. The summed E-state index contributed by atoms with van der Waals surface area (Å²) >= 11 is 6.17. The van der Waals surface area contributed by atoms with E-state index in [9.17, 15) is 13.2 Å². The van der Waals surface area contributed by atoms with E-state index in [2.05, 4.69) is 20.4 Å². The molecule has 0 unspecified atom stereocenters. The largest absolute Gasteiger partial charge is 0.497 e. The van der Waals surface area contributed by atoms with Crippen molar-refractivity contribution in [3.63, 3.8) is 0 Å². The van der Waals surface area contributed by atoms with E-state index < -0.39 is 12.8 Å². The van der Waals surface area contributed by atoms with Gasteiger partial charge in [0.05, 0.1) is 7.11 Å². The third-order valence-corrected chi connectivity index (χ3v) is 3.55. The molecule has 0 saturated carbocycles. The number of nitrogens with zero attached hydrogens (tertiary/aromatic N) is 1. The molecule has 26 heavy (non-hydrogen) atoms. The first kappa shape index (κ1) is 25.1. The Labute approximate surface area is 173 Å². The van der Waals surface area contributed by atoms with E-state index in [0.29, 0.717) is 42.7 Å². The Kier molecular flexibility index (Phi) is 12.8. The predicted molar refractivity (Wildman–Crippen MR) is 108 cm³/mol. The molecule has 0 aromatic heterocycles. The Morgan fingerprint density at radius 1 is 1.23 bits per heavy atom. The standard InChI is InChI=1S/C16H23ClF3N3O2.HI/c1-21-15(22-7-3-9-25-11-16(18,19)20)23-8-6-12-4-5-13(24-2)10-14(12)17;/h4-5,10H,3,6-9,11H2,1-2H3,(H2,21,22,23);1H. The molecule has 5 nitrogen and oxygen atoms in total. The molecule has 0 bridgehead atoms. The summed E-state index contributed by atoms with van der Waals surface area (Å²) in [4.78, 5) is 4.05. The van der Waals surface area contributed by atoms with Crippen molar-refractivity contribution < 1.29 is 22.6 Å². The van der Waals surface area contributed by atoms with Crippen molar-refractivity contribution in [2.24, 2.45) is 4.99 Å². The molecule has 150 valence electrons. The van der Waals surface area contributed by atoms with Crippen LogP contribution in [0.5, 0.6) is 5.75 Å². The van der Waals surface area contributed by atoms with Crippen LogP contribution in [0.3, 0.4) is 0 Å². The van der Waals surface area contributed by atoms with Crippen LogP contribution >= 0.6 is 35.6 Å². The summed E-state index contributed by atoms with van der Waals surface area (Å²) in [5.74, 6) is 1.27. The van der Waals surface area contributed by atoms with Gasteiger partial charge in [-0.25, -0.2) is 0 Å². The van der Waals surface area contributed by atoms with Gasteiger partial charge in [-0.15, -0.1) is 24.0 Å². The molecule has 0 aliphatic rings. The summed E-state index contributed by atoms with van der Waals surface area (Å²) in [6.07, 6.45) is -3.15. The molecule has 1 rings (SSSR count). The monoisotopic (exact) mass is 509 g/mol. The van der Waals surface area contributed by atoms with Crippen LogP contribution < -0.4 is 15.4 Å². The average molecular weight is 510 g/mol. The topological polar surface area (TPSA) is 54.9 Å². The molecule has 0 amide bonds. The number of halogens is 5. The van der Waals surface area contributed by atoms with E-state index in [-0.39, 0.29) is 30.6 Å². The summed E-state index contributed by atoms with van der Waals surface area (Å²) in [5.41, 5.74) is 0.978. The van der Waals surface area contributed by atoms with E-state index in [1.807, 2.05) is 12.1 Å². The van der Waals surface area contributed by atoms with Gasteiger partial charge in [-0.1, -0.05) is 17.7 Å². The van der Waals surface area contributed by atoms with Gasteiger partial charge in [0.2, 0.25) is 0 Å².